The molecule has 4 nitrogen and oxygen atoms in total. The molecule has 0 saturated carbocycles. The summed E-state index contributed by atoms with van der Waals surface area (Å²) in [6.45, 7) is 2.64. The van der Waals surface area contributed by atoms with Crippen LogP contribution in [0.5, 0.6) is 5.75 Å². The van der Waals surface area contributed by atoms with Gasteiger partial charge in [-0.05, 0) is 31.5 Å². The van der Waals surface area contributed by atoms with Crippen LogP contribution in [-0.4, -0.2) is 32.3 Å². The quantitative estimate of drug-likeness (QED) is 0.733. The number of ether oxygens (including phenoxy) is 1. The summed E-state index contributed by atoms with van der Waals surface area (Å²) in [6.07, 6.45) is 2.27. The molecule has 17 heavy (non-hydrogen) atoms. The molecule has 1 saturated heterocycles. The molecular formula is C13H21N3O. The van der Waals surface area contributed by atoms with Crippen molar-refractivity contribution in [3.63, 3.8) is 0 Å². The molecule has 0 spiro atoms. The highest BCUT2D eigenvalue weighted by Crippen LogP contribution is 2.24. The van der Waals surface area contributed by atoms with Crippen LogP contribution in [0.3, 0.4) is 0 Å². The Morgan fingerprint density at radius 2 is 2.41 bits per heavy atom. The van der Waals surface area contributed by atoms with E-state index < -0.39 is 0 Å². The molecule has 1 aromatic rings. The second-order valence-corrected chi connectivity index (χ2v) is 4.62. The maximum Gasteiger partial charge on any atom is 0.120 e. The molecule has 1 fully saturated rings. The molecule has 0 aliphatic carbocycles. The zero-order valence-corrected chi connectivity index (χ0v) is 10.3. The molecule has 1 atom stereocenters. The molecule has 0 radical (unpaired) electrons. The minimum absolute atomic E-state index is 0.0232. The fourth-order valence-corrected chi connectivity index (χ4v) is 2.31. The number of anilines is 1. The SMILES string of the molecule is COc1cccc(NC2(CN)CCCNC2)c1. The molecule has 1 aliphatic rings. The van der Waals surface area contributed by atoms with E-state index in [1.54, 1.807) is 7.11 Å². The smallest absolute Gasteiger partial charge is 0.120 e. The summed E-state index contributed by atoms with van der Waals surface area (Å²) >= 11 is 0. The number of hydrogen-bond donors (Lipinski definition) is 3. The van der Waals surface area contributed by atoms with E-state index in [4.69, 9.17) is 10.5 Å². The summed E-state index contributed by atoms with van der Waals surface area (Å²) < 4.78 is 5.22. The predicted octanol–water partition coefficient (Wildman–Crippen LogP) is 1.19. The second kappa shape index (κ2) is 5.38. The van der Waals surface area contributed by atoms with Gasteiger partial charge in [0.1, 0.15) is 5.75 Å². The Labute approximate surface area is 103 Å². The molecule has 4 heteroatoms. The Bertz CT molecular complexity index is 361. The first-order valence-corrected chi connectivity index (χ1v) is 6.11. The number of methoxy groups -OCH3 is 1. The zero-order valence-electron chi connectivity index (χ0n) is 10.3. The lowest BCUT2D eigenvalue weighted by atomic mass is 9.90. The Balaban J connectivity index is 2.11. The topological polar surface area (TPSA) is 59.3 Å². The second-order valence-electron chi connectivity index (χ2n) is 4.62. The van der Waals surface area contributed by atoms with Crippen molar-refractivity contribution in [2.24, 2.45) is 5.73 Å². The minimum Gasteiger partial charge on any atom is -0.497 e. The highest BCUT2D eigenvalue weighted by atomic mass is 16.5. The van der Waals surface area contributed by atoms with E-state index in [0.29, 0.717) is 6.54 Å². The van der Waals surface area contributed by atoms with E-state index in [2.05, 4.69) is 16.7 Å². The van der Waals surface area contributed by atoms with Crippen LogP contribution in [0.1, 0.15) is 12.8 Å². The van der Waals surface area contributed by atoms with Crippen LogP contribution in [0.25, 0.3) is 0 Å². The lowest BCUT2D eigenvalue weighted by molar-refractivity contribution is 0.349. The van der Waals surface area contributed by atoms with Crippen molar-refractivity contribution in [2.45, 2.75) is 18.4 Å². The first-order valence-electron chi connectivity index (χ1n) is 6.11. The zero-order chi connectivity index (χ0) is 12.1. The van der Waals surface area contributed by atoms with E-state index in [0.717, 1.165) is 37.4 Å². The molecule has 1 unspecified atom stereocenters. The molecule has 0 bridgehead atoms. The fraction of sp³-hybridized carbons (Fsp3) is 0.538. The number of nitrogens with one attached hydrogen (secondary N) is 2. The van der Waals surface area contributed by atoms with Gasteiger partial charge in [-0.25, -0.2) is 0 Å². The summed E-state index contributed by atoms with van der Waals surface area (Å²) in [6, 6.07) is 7.99. The molecule has 0 aromatic heterocycles. The Morgan fingerprint density at radius 1 is 1.53 bits per heavy atom. The minimum atomic E-state index is -0.0232. The van der Waals surface area contributed by atoms with Crippen LogP contribution in [-0.2, 0) is 0 Å². The average molecular weight is 235 g/mol. The van der Waals surface area contributed by atoms with E-state index in [1.807, 2.05) is 18.2 Å². The Hall–Kier alpha value is -1.26. The highest BCUT2D eigenvalue weighted by molar-refractivity contribution is 5.50. The van der Waals surface area contributed by atoms with E-state index in [-0.39, 0.29) is 5.54 Å². The normalized spacial score (nSPS) is 24.4. The Kier molecular flexibility index (Phi) is 3.86. The van der Waals surface area contributed by atoms with Crippen molar-refractivity contribution in [3.8, 4) is 5.75 Å². The van der Waals surface area contributed by atoms with Gasteiger partial charge in [-0.15, -0.1) is 0 Å². The van der Waals surface area contributed by atoms with Crippen molar-refractivity contribution in [1.29, 1.82) is 0 Å². The van der Waals surface area contributed by atoms with Crippen molar-refractivity contribution >= 4 is 5.69 Å². The number of rotatable bonds is 4. The molecule has 0 amide bonds. The van der Waals surface area contributed by atoms with Gasteiger partial charge in [-0.3, -0.25) is 0 Å². The third kappa shape index (κ3) is 2.90. The van der Waals surface area contributed by atoms with Gasteiger partial charge >= 0.3 is 0 Å². The molecule has 2 rings (SSSR count). The van der Waals surface area contributed by atoms with Crippen molar-refractivity contribution in [2.75, 3.05) is 32.1 Å². The third-order valence-electron chi connectivity index (χ3n) is 3.34. The van der Waals surface area contributed by atoms with Crippen LogP contribution < -0.4 is 21.1 Å². The van der Waals surface area contributed by atoms with Crippen LogP contribution in [0, 0.1) is 0 Å². The summed E-state index contributed by atoms with van der Waals surface area (Å²) in [5, 5.41) is 6.95. The van der Waals surface area contributed by atoms with Gasteiger partial charge < -0.3 is 21.1 Å². The van der Waals surface area contributed by atoms with E-state index in [1.165, 1.54) is 0 Å². The largest absolute Gasteiger partial charge is 0.497 e. The molecule has 1 aromatic carbocycles. The van der Waals surface area contributed by atoms with Gasteiger partial charge in [0, 0.05) is 24.8 Å². The standard InChI is InChI=1S/C13H21N3O/c1-17-12-5-2-4-11(8-12)16-13(9-14)6-3-7-15-10-13/h2,4-5,8,15-16H,3,6-7,9-10,14H2,1H3. The number of nitrogens with two attached hydrogens (primary N) is 1. The predicted molar refractivity (Wildman–Crippen MR) is 70.5 cm³/mol. The Morgan fingerprint density at radius 3 is 3.06 bits per heavy atom. The summed E-state index contributed by atoms with van der Waals surface area (Å²) in [5.74, 6) is 0.867. The molecule has 4 N–H and O–H groups in total. The average Bonchev–Trinajstić information content (AvgIpc) is 2.40. The lowest BCUT2D eigenvalue weighted by Crippen LogP contribution is -2.56. The van der Waals surface area contributed by atoms with E-state index in [9.17, 15) is 0 Å². The first-order chi connectivity index (χ1) is 8.28. The summed E-state index contributed by atoms with van der Waals surface area (Å²) in [7, 11) is 1.68. The number of hydrogen-bond acceptors (Lipinski definition) is 4. The van der Waals surface area contributed by atoms with Crippen molar-refractivity contribution in [1.82, 2.24) is 5.32 Å². The molecule has 94 valence electrons. The van der Waals surface area contributed by atoms with E-state index >= 15 is 0 Å². The fourth-order valence-electron chi connectivity index (χ4n) is 2.31. The van der Waals surface area contributed by atoms with Crippen LogP contribution >= 0.6 is 0 Å². The van der Waals surface area contributed by atoms with Crippen molar-refractivity contribution < 1.29 is 4.74 Å². The lowest BCUT2D eigenvalue weighted by Gasteiger charge is -2.38. The van der Waals surface area contributed by atoms with Crippen LogP contribution in [0.15, 0.2) is 24.3 Å². The van der Waals surface area contributed by atoms with Gasteiger partial charge in [0.25, 0.3) is 0 Å². The molecule has 1 aliphatic heterocycles. The van der Waals surface area contributed by atoms with Gasteiger partial charge in [0.05, 0.1) is 12.6 Å². The first kappa shape index (κ1) is 12.2. The van der Waals surface area contributed by atoms with Gasteiger partial charge in [0.15, 0.2) is 0 Å². The van der Waals surface area contributed by atoms with Crippen LogP contribution in [0.4, 0.5) is 5.69 Å². The number of benzene rings is 1. The highest BCUT2D eigenvalue weighted by Gasteiger charge is 2.30. The maximum absolute atomic E-state index is 5.92. The maximum atomic E-state index is 5.92. The van der Waals surface area contributed by atoms with Gasteiger partial charge in [0.2, 0.25) is 0 Å². The molecular weight excluding hydrogens is 214 g/mol. The summed E-state index contributed by atoms with van der Waals surface area (Å²) in [5.41, 5.74) is 6.97. The van der Waals surface area contributed by atoms with Gasteiger partial charge in [-0.1, -0.05) is 6.07 Å². The van der Waals surface area contributed by atoms with Crippen molar-refractivity contribution in [3.05, 3.63) is 24.3 Å². The summed E-state index contributed by atoms with van der Waals surface area (Å²) in [4.78, 5) is 0. The molecule has 1 heterocycles. The monoisotopic (exact) mass is 235 g/mol. The van der Waals surface area contributed by atoms with Crippen LogP contribution in [0.2, 0.25) is 0 Å². The van der Waals surface area contributed by atoms with Gasteiger partial charge in [-0.2, -0.15) is 0 Å². The number of piperidine rings is 1. The third-order valence-corrected chi connectivity index (χ3v) is 3.34.